The average molecular weight is 463 g/mol. The van der Waals surface area contributed by atoms with Gasteiger partial charge in [0.1, 0.15) is 5.69 Å². The molecule has 0 atom stereocenters. The first-order valence-electron chi connectivity index (χ1n) is 11.1. The number of thiazole rings is 1. The van der Waals surface area contributed by atoms with Crippen molar-refractivity contribution in [2.45, 2.75) is 26.8 Å². The fourth-order valence-electron chi connectivity index (χ4n) is 3.98. The second-order valence-electron chi connectivity index (χ2n) is 8.33. The molecule has 0 radical (unpaired) electrons. The molecule has 1 fully saturated rings. The summed E-state index contributed by atoms with van der Waals surface area (Å²) in [6, 6.07) is 14.1. The Labute approximate surface area is 196 Å². The zero-order chi connectivity index (χ0) is 22.8. The Hall–Kier alpha value is -3.07. The second kappa shape index (κ2) is 9.43. The first-order chi connectivity index (χ1) is 16.1. The van der Waals surface area contributed by atoms with Crippen LogP contribution in [0.25, 0.3) is 22.2 Å². The lowest BCUT2D eigenvalue weighted by Gasteiger charge is -2.26. The minimum absolute atomic E-state index is 0.133. The third-order valence-electron chi connectivity index (χ3n) is 5.95. The third-order valence-corrected chi connectivity index (χ3v) is 6.91. The van der Waals surface area contributed by atoms with E-state index in [0.717, 1.165) is 65.5 Å². The maximum atomic E-state index is 12.9. The summed E-state index contributed by atoms with van der Waals surface area (Å²) in [6.07, 6.45) is 0.133. The van der Waals surface area contributed by atoms with Crippen molar-refractivity contribution in [1.29, 1.82) is 0 Å². The highest BCUT2D eigenvalue weighted by Crippen LogP contribution is 2.32. The molecule has 0 aliphatic carbocycles. The molecular formula is C25H26N4O3S. The predicted molar refractivity (Wildman–Crippen MR) is 129 cm³/mol. The van der Waals surface area contributed by atoms with E-state index in [-0.39, 0.29) is 12.3 Å². The number of carbonyl (C=O) groups excluding carboxylic acids is 1. The van der Waals surface area contributed by atoms with Crippen molar-refractivity contribution >= 4 is 33.3 Å². The molecule has 1 aliphatic heterocycles. The number of nitrogens with zero attached hydrogens (tertiary/aromatic N) is 3. The van der Waals surface area contributed by atoms with Gasteiger partial charge in [-0.3, -0.25) is 9.69 Å². The summed E-state index contributed by atoms with van der Waals surface area (Å²) in [5, 5.41) is 8.60. The summed E-state index contributed by atoms with van der Waals surface area (Å²) in [5.41, 5.74) is 5.59. The Bertz CT molecular complexity index is 1280. The lowest BCUT2D eigenvalue weighted by molar-refractivity contribution is -0.115. The number of rotatable bonds is 6. The van der Waals surface area contributed by atoms with Gasteiger partial charge in [0.2, 0.25) is 5.91 Å². The monoisotopic (exact) mass is 462 g/mol. The topological polar surface area (TPSA) is 80.5 Å². The fraction of sp³-hybridized carbons (Fsp3) is 0.320. The van der Waals surface area contributed by atoms with Gasteiger partial charge in [0.25, 0.3) is 0 Å². The van der Waals surface area contributed by atoms with E-state index in [2.05, 4.69) is 27.5 Å². The number of nitrogens with one attached hydrogen (secondary N) is 1. The Balaban J connectivity index is 1.36. The smallest absolute Gasteiger partial charge is 0.232 e. The van der Waals surface area contributed by atoms with Crippen LogP contribution < -0.4 is 5.32 Å². The van der Waals surface area contributed by atoms with E-state index < -0.39 is 0 Å². The lowest BCUT2D eigenvalue weighted by Crippen LogP contribution is -2.35. The largest absolute Gasteiger partial charge is 0.379 e. The van der Waals surface area contributed by atoms with Crippen LogP contribution in [0.1, 0.15) is 21.7 Å². The molecule has 7 nitrogen and oxygen atoms in total. The number of fused-ring (bicyclic) bond motifs is 1. The summed E-state index contributed by atoms with van der Waals surface area (Å²) >= 11 is 1.53. The number of benzene rings is 2. The van der Waals surface area contributed by atoms with E-state index >= 15 is 0 Å². The quantitative estimate of drug-likeness (QED) is 0.452. The minimum atomic E-state index is -0.158. The Morgan fingerprint density at radius 3 is 2.67 bits per heavy atom. The number of morpholine rings is 1. The van der Waals surface area contributed by atoms with Crippen LogP contribution in [0.15, 0.2) is 47.0 Å². The molecular weight excluding hydrogens is 436 g/mol. The van der Waals surface area contributed by atoms with Crippen molar-refractivity contribution in [3.63, 3.8) is 0 Å². The number of ether oxygens (including phenoxy) is 1. The summed E-state index contributed by atoms with van der Waals surface area (Å²) in [5.74, 6) is -0.158. The van der Waals surface area contributed by atoms with Gasteiger partial charge in [-0.2, -0.15) is 0 Å². The van der Waals surface area contributed by atoms with Gasteiger partial charge in [-0.15, -0.1) is 0 Å². The molecule has 1 N–H and O–H groups in total. The maximum absolute atomic E-state index is 12.9. The highest BCUT2D eigenvalue weighted by Gasteiger charge is 2.20. The van der Waals surface area contributed by atoms with E-state index in [1.165, 1.54) is 11.3 Å². The lowest BCUT2D eigenvalue weighted by atomic mass is 10.1. The normalized spacial score (nSPS) is 14.6. The van der Waals surface area contributed by atoms with E-state index in [9.17, 15) is 4.79 Å². The number of carbonyl (C=O) groups is 1. The minimum Gasteiger partial charge on any atom is -0.379 e. The average Bonchev–Trinajstić information content (AvgIpc) is 3.39. The molecule has 3 heterocycles. The van der Waals surface area contributed by atoms with Crippen LogP contribution in [0.3, 0.4) is 0 Å². The molecule has 2 aromatic carbocycles. The fourth-order valence-corrected chi connectivity index (χ4v) is 5.03. The molecule has 8 heteroatoms. The van der Waals surface area contributed by atoms with Crippen LogP contribution >= 0.6 is 11.3 Å². The van der Waals surface area contributed by atoms with Gasteiger partial charge in [-0.1, -0.05) is 46.8 Å². The van der Waals surface area contributed by atoms with Crippen LogP contribution in [-0.2, 0) is 22.5 Å². The van der Waals surface area contributed by atoms with E-state index in [1.54, 1.807) is 0 Å². The maximum Gasteiger partial charge on any atom is 0.232 e. The zero-order valence-corrected chi connectivity index (χ0v) is 19.6. The van der Waals surface area contributed by atoms with Crippen molar-refractivity contribution in [3.05, 3.63) is 64.2 Å². The number of hydrogen-bond acceptors (Lipinski definition) is 7. The van der Waals surface area contributed by atoms with E-state index in [4.69, 9.17) is 14.2 Å². The van der Waals surface area contributed by atoms with Crippen LogP contribution in [0.2, 0.25) is 0 Å². The molecule has 2 aromatic heterocycles. The van der Waals surface area contributed by atoms with E-state index in [1.807, 2.05) is 44.2 Å². The van der Waals surface area contributed by atoms with Crippen LogP contribution in [0.4, 0.5) is 5.13 Å². The highest BCUT2D eigenvalue weighted by atomic mass is 32.1. The highest BCUT2D eigenvalue weighted by molar-refractivity contribution is 7.16. The Morgan fingerprint density at radius 2 is 1.88 bits per heavy atom. The molecule has 33 heavy (non-hydrogen) atoms. The molecule has 4 aromatic rings. The van der Waals surface area contributed by atoms with Crippen LogP contribution in [-0.4, -0.2) is 47.3 Å². The summed E-state index contributed by atoms with van der Waals surface area (Å²) < 4.78 is 10.9. The zero-order valence-electron chi connectivity index (χ0n) is 18.8. The van der Waals surface area contributed by atoms with Crippen LogP contribution in [0.5, 0.6) is 0 Å². The van der Waals surface area contributed by atoms with E-state index in [0.29, 0.717) is 16.4 Å². The summed E-state index contributed by atoms with van der Waals surface area (Å²) in [4.78, 5) is 21.2. The molecule has 5 rings (SSSR count). The van der Waals surface area contributed by atoms with Gasteiger partial charge in [0.15, 0.2) is 10.7 Å². The Morgan fingerprint density at radius 1 is 1.12 bits per heavy atom. The third kappa shape index (κ3) is 4.83. The number of amides is 1. The predicted octanol–water partition coefficient (Wildman–Crippen LogP) is 4.58. The number of aromatic nitrogens is 2. The van der Waals surface area contributed by atoms with Gasteiger partial charge in [0.05, 0.1) is 25.3 Å². The number of hydrogen-bond donors (Lipinski definition) is 1. The standard InChI is InChI=1S/C25H26N4O3S/c1-16-12-19-20(28-32-21(19)13-17(16)2)14-23(30)26-25-27-24(18-6-4-3-5-7-18)22(33-25)15-29-8-10-31-11-9-29/h3-7,12-13H,8-11,14-15H2,1-2H3,(H,26,27,30). The first-order valence-corrected chi connectivity index (χ1v) is 11.9. The van der Waals surface area contributed by atoms with Gasteiger partial charge in [-0.05, 0) is 37.1 Å². The Kier molecular flexibility index (Phi) is 6.22. The number of aryl methyl sites for hydroxylation is 2. The van der Waals surface area contributed by atoms with Gasteiger partial charge in [0, 0.05) is 35.5 Å². The van der Waals surface area contributed by atoms with Crippen molar-refractivity contribution in [1.82, 2.24) is 15.0 Å². The second-order valence-corrected chi connectivity index (χ2v) is 9.42. The van der Waals surface area contributed by atoms with Gasteiger partial charge >= 0.3 is 0 Å². The van der Waals surface area contributed by atoms with Crippen molar-refractivity contribution in [2.75, 3.05) is 31.6 Å². The van der Waals surface area contributed by atoms with Gasteiger partial charge in [-0.25, -0.2) is 4.98 Å². The summed E-state index contributed by atoms with van der Waals surface area (Å²) in [6.45, 7) is 8.14. The van der Waals surface area contributed by atoms with Gasteiger partial charge < -0.3 is 14.6 Å². The molecule has 0 saturated carbocycles. The SMILES string of the molecule is Cc1cc2onc(CC(=O)Nc3nc(-c4ccccc4)c(CN4CCOCC4)s3)c2cc1C. The van der Waals surface area contributed by atoms with Crippen molar-refractivity contribution < 1.29 is 14.1 Å². The molecule has 0 unspecified atom stereocenters. The molecule has 1 amide bonds. The van der Waals surface area contributed by atoms with Crippen molar-refractivity contribution in [2.24, 2.45) is 0 Å². The molecule has 170 valence electrons. The van der Waals surface area contributed by atoms with Crippen LogP contribution in [0, 0.1) is 13.8 Å². The molecule has 0 bridgehead atoms. The molecule has 1 saturated heterocycles. The molecule has 1 aliphatic rings. The first kappa shape index (κ1) is 21.8. The molecule has 0 spiro atoms. The summed E-state index contributed by atoms with van der Waals surface area (Å²) in [7, 11) is 0. The van der Waals surface area contributed by atoms with Crippen molar-refractivity contribution in [3.8, 4) is 11.3 Å². The number of anilines is 1.